The number of carbonyl (C=O) groups excluding carboxylic acids is 1. The van der Waals surface area contributed by atoms with E-state index in [1.54, 1.807) is 11.8 Å². The Kier molecular flexibility index (Phi) is 5.85. The van der Waals surface area contributed by atoms with Gasteiger partial charge >= 0.3 is 6.01 Å². The van der Waals surface area contributed by atoms with E-state index in [2.05, 4.69) is 29.4 Å². The second-order valence-corrected chi connectivity index (χ2v) is 10.0. The summed E-state index contributed by atoms with van der Waals surface area (Å²) < 4.78 is 28.5. The number of nitrogens with zero attached hydrogens (tertiary/aromatic N) is 2. The van der Waals surface area contributed by atoms with Gasteiger partial charge in [0.1, 0.15) is 0 Å². The van der Waals surface area contributed by atoms with Gasteiger partial charge < -0.3 is 4.42 Å². The molecule has 0 spiro atoms. The lowest BCUT2D eigenvalue weighted by Crippen LogP contribution is -2.12. The summed E-state index contributed by atoms with van der Waals surface area (Å²) in [6.45, 7) is 4.25. The number of anilines is 1. The highest BCUT2D eigenvalue weighted by Gasteiger charge is 2.14. The summed E-state index contributed by atoms with van der Waals surface area (Å²) >= 11 is 1.75. The van der Waals surface area contributed by atoms with Crippen LogP contribution in [0.3, 0.4) is 0 Å². The number of hydrogen-bond acceptors (Lipinski definition) is 7. The van der Waals surface area contributed by atoms with Crippen LogP contribution in [0.15, 0.2) is 62.7 Å². The van der Waals surface area contributed by atoms with E-state index in [1.807, 2.05) is 24.3 Å². The van der Waals surface area contributed by atoms with Gasteiger partial charge in [-0.05, 0) is 48.5 Å². The minimum Gasteiger partial charge on any atom is -0.403 e. The first kappa shape index (κ1) is 20.1. The van der Waals surface area contributed by atoms with E-state index in [4.69, 9.17) is 4.42 Å². The molecule has 0 aliphatic heterocycles. The third kappa shape index (κ3) is 4.99. The first-order chi connectivity index (χ1) is 13.2. The fourth-order valence-corrected chi connectivity index (χ4v) is 3.83. The first-order valence-corrected chi connectivity index (χ1v) is 11.2. The molecule has 1 heterocycles. The largest absolute Gasteiger partial charge is 0.403 e. The average molecular weight is 418 g/mol. The number of amides is 1. The Bertz CT molecular complexity index is 1070. The molecule has 0 bridgehead atoms. The van der Waals surface area contributed by atoms with Crippen molar-refractivity contribution in [2.45, 2.75) is 28.9 Å². The number of sulfone groups is 1. The van der Waals surface area contributed by atoms with Gasteiger partial charge in [0.2, 0.25) is 5.89 Å². The Morgan fingerprint density at radius 3 is 2.25 bits per heavy atom. The van der Waals surface area contributed by atoms with Crippen LogP contribution in [0.1, 0.15) is 24.2 Å². The van der Waals surface area contributed by atoms with Crippen LogP contribution < -0.4 is 5.32 Å². The van der Waals surface area contributed by atoms with E-state index in [1.165, 1.54) is 24.3 Å². The number of rotatable bonds is 6. The Morgan fingerprint density at radius 1 is 1.04 bits per heavy atom. The lowest BCUT2D eigenvalue weighted by atomic mass is 10.2. The Morgan fingerprint density at radius 2 is 1.68 bits per heavy atom. The Balaban J connectivity index is 1.69. The minimum absolute atomic E-state index is 0.0344. The second kappa shape index (κ2) is 8.15. The maximum atomic E-state index is 12.3. The van der Waals surface area contributed by atoms with Crippen molar-refractivity contribution in [3.8, 4) is 11.5 Å². The molecule has 3 rings (SSSR count). The maximum absolute atomic E-state index is 12.3. The van der Waals surface area contributed by atoms with Crippen molar-refractivity contribution in [3.05, 3.63) is 54.1 Å². The van der Waals surface area contributed by atoms with Gasteiger partial charge in [-0.3, -0.25) is 10.1 Å². The molecule has 0 fully saturated rings. The quantitative estimate of drug-likeness (QED) is 0.607. The zero-order valence-electron chi connectivity index (χ0n) is 15.5. The zero-order chi connectivity index (χ0) is 20.3. The standard InChI is InChI=1S/C19H19N3O4S2/c1-12(2)27-15-8-4-14(5-9-15)18-21-22-19(26-18)20-17(23)13-6-10-16(11-7-13)28(3,24)25/h4-12H,1-3H3,(H,20,22,23). The molecule has 1 amide bonds. The molecule has 0 aliphatic rings. The summed E-state index contributed by atoms with van der Waals surface area (Å²) in [5.74, 6) is -0.178. The van der Waals surface area contributed by atoms with Crippen molar-refractivity contribution in [3.63, 3.8) is 0 Å². The molecule has 0 saturated heterocycles. The number of hydrogen-bond donors (Lipinski definition) is 1. The third-order valence-electron chi connectivity index (χ3n) is 3.66. The number of carbonyl (C=O) groups is 1. The number of benzene rings is 2. The van der Waals surface area contributed by atoms with Gasteiger partial charge in [0.25, 0.3) is 5.91 Å². The van der Waals surface area contributed by atoms with Gasteiger partial charge in [0, 0.05) is 27.5 Å². The molecule has 28 heavy (non-hydrogen) atoms. The molecule has 0 radical (unpaired) electrons. The van der Waals surface area contributed by atoms with Gasteiger partial charge in [-0.1, -0.05) is 18.9 Å². The summed E-state index contributed by atoms with van der Waals surface area (Å²) in [6.07, 6.45) is 1.11. The lowest BCUT2D eigenvalue weighted by Gasteiger charge is -2.04. The van der Waals surface area contributed by atoms with E-state index in [-0.39, 0.29) is 16.5 Å². The van der Waals surface area contributed by atoms with Crippen LogP contribution in [0.25, 0.3) is 11.5 Å². The average Bonchev–Trinajstić information content (AvgIpc) is 3.09. The van der Waals surface area contributed by atoms with Crippen molar-refractivity contribution < 1.29 is 17.6 Å². The molecule has 1 N–H and O–H groups in total. The van der Waals surface area contributed by atoms with Crippen molar-refractivity contribution in [1.29, 1.82) is 0 Å². The molecule has 0 unspecified atom stereocenters. The predicted molar refractivity (Wildman–Crippen MR) is 108 cm³/mol. The van der Waals surface area contributed by atoms with E-state index in [9.17, 15) is 13.2 Å². The molecule has 0 atom stereocenters. The SMILES string of the molecule is CC(C)Sc1ccc(-c2nnc(NC(=O)c3ccc(S(C)(=O)=O)cc3)o2)cc1. The minimum atomic E-state index is -3.32. The van der Waals surface area contributed by atoms with E-state index < -0.39 is 15.7 Å². The summed E-state index contributed by atoms with van der Waals surface area (Å²) in [6, 6.07) is 13.3. The normalized spacial score (nSPS) is 11.6. The van der Waals surface area contributed by atoms with Crippen LogP contribution in [-0.4, -0.2) is 36.0 Å². The van der Waals surface area contributed by atoms with Gasteiger partial charge in [-0.15, -0.1) is 16.9 Å². The first-order valence-electron chi connectivity index (χ1n) is 8.44. The molecular formula is C19H19N3O4S2. The van der Waals surface area contributed by atoms with E-state index in [0.29, 0.717) is 11.1 Å². The highest BCUT2D eigenvalue weighted by molar-refractivity contribution is 7.99. The summed E-state index contributed by atoms with van der Waals surface area (Å²) in [5.41, 5.74) is 1.03. The van der Waals surface area contributed by atoms with E-state index in [0.717, 1.165) is 16.7 Å². The molecule has 0 saturated carbocycles. The van der Waals surface area contributed by atoms with E-state index >= 15 is 0 Å². The van der Waals surface area contributed by atoms with Crippen LogP contribution in [0.2, 0.25) is 0 Å². The van der Waals surface area contributed by atoms with Crippen LogP contribution in [0, 0.1) is 0 Å². The van der Waals surface area contributed by atoms with Gasteiger partial charge in [0.15, 0.2) is 9.84 Å². The Hall–Kier alpha value is -2.65. The second-order valence-electron chi connectivity index (χ2n) is 6.35. The molecule has 0 aliphatic carbocycles. The van der Waals surface area contributed by atoms with Gasteiger partial charge in [-0.25, -0.2) is 8.42 Å². The topological polar surface area (TPSA) is 102 Å². The molecule has 2 aromatic carbocycles. The molecule has 9 heteroatoms. The zero-order valence-corrected chi connectivity index (χ0v) is 17.2. The smallest absolute Gasteiger partial charge is 0.322 e. The van der Waals surface area contributed by atoms with Crippen LogP contribution >= 0.6 is 11.8 Å². The molecule has 146 valence electrons. The number of aromatic nitrogens is 2. The van der Waals surface area contributed by atoms with Crippen molar-refractivity contribution in [2.75, 3.05) is 11.6 Å². The monoisotopic (exact) mass is 417 g/mol. The summed E-state index contributed by atoms with van der Waals surface area (Å²) in [5, 5.41) is 10.8. The molecular weight excluding hydrogens is 398 g/mol. The number of nitrogens with one attached hydrogen (secondary N) is 1. The summed E-state index contributed by atoms with van der Waals surface area (Å²) in [4.78, 5) is 13.6. The predicted octanol–water partition coefficient (Wildman–Crippen LogP) is 3.89. The fourth-order valence-electron chi connectivity index (χ4n) is 2.36. The summed E-state index contributed by atoms with van der Waals surface area (Å²) in [7, 11) is -3.32. The van der Waals surface area contributed by atoms with Crippen LogP contribution in [0.4, 0.5) is 6.01 Å². The van der Waals surface area contributed by atoms with Crippen LogP contribution in [-0.2, 0) is 9.84 Å². The highest BCUT2D eigenvalue weighted by Crippen LogP contribution is 2.26. The molecule has 7 nitrogen and oxygen atoms in total. The van der Waals surface area contributed by atoms with Crippen molar-refractivity contribution >= 4 is 33.5 Å². The van der Waals surface area contributed by atoms with Crippen LogP contribution in [0.5, 0.6) is 0 Å². The van der Waals surface area contributed by atoms with Crippen molar-refractivity contribution in [1.82, 2.24) is 10.2 Å². The van der Waals surface area contributed by atoms with Crippen molar-refractivity contribution in [2.24, 2.45) is 0 Å². The number of thioether (sulfide) groups is 1. The molecule has 1 aromatic heterocycles. The van der Waals surface area contributed by atoms with Gasteiger partial charge in [-0.2, -0.15) is 0 Å². The third-order valence-corrected chi connectivity index (χ3v) is 5.81. The highest BCUT2D eigenvalue weighted by atomic mass is 32.2. The lowest BCUT2D eigenvalue weighted by molar-refractivity contribution is 0.102. The Labute approximate surface area is 167 Å². The van der Waals surface area contributed by atoms with Gasteiger partial charge in [0.05, 0.1) is 4.90 Å². The maximum Gasteiger partial charge on any atom is 0.322 e. The molecule has 3 aromatic rings. The fraction of sp³-hybridized carbons (Fsp3) is 0.211.